The van der Waals surface area contributed by atoms with Crippen LogP contribution in [-0.2, 0) is 6.61 Å². The van der Waals surface area contributed by atoms with Crippen LogP contribution >= 0.6 is 0 Å². The largest absolute Gasteiger partial charge is 0.497 e. The lowest BCUT2D eigenvalue weighted by molar-refractivity contribution is -0.385. The normalized spacial score (nSPS) is 10.6. The van der Waals surface area contributed by atoms with Gasteiger partial charge in [0, 0.05) is 28.4 Å². The van der Waals surface area contributed by atoms with E-state index in [0.717, 1.165) is 0 Å². The molecule has 2 N–H and O–H groups in total. The highest BCUT2D eigenvalue weighted by Gasteiger charge is 2.13. The molecule has 0 aromatic heterocycles. The summed E-state index contributed by atoms with van der Waals surface area (Å²) in [5.41, 5.74) is 4.61. The van der Waals surface area contributed by atoms with Gasteiger partial charge in [0.1, 0.15) is 18.1 Å². The van der Waals surface area contributed by atoms with Crippen molar-refractivity contribution in [3.8, 4) is 11.5 Å². The Morgan fingerprint density at radius 3 is 2.41 bits per heavy atom. The monoisotopic (exact) mass is 524 g/mol. The van der Waals surface area contributed by atoms with E-state index >= 15 is 0 Å². The molecule has 0 fully saturated rings. The highest BCUT2D eigenvalue weighted by molar-refractivity contribution is 6.05. The number of rotatable bonds is 10. The molecule has 0 aliphatic heterocycles. The van der Waals surface area contributed by atoms with Crippen LogP contribution in [0.5, 0.6) is 11.5 Å². The van der Waals surface area contributed by atoms with Crippen LogP contribution in [-0.4, -0.2) is 30.1 Å². The van der Waals surface area contributed by atoms with Crippen molar-refractivity contribution in [2.75, 3.05) is 12.4 Å². The van der Waals surface area contributed by atoms with E-state index in [9.17, 15) is 19.7 Å². The number of amides is 2. The number of para-hydroxylation sites is 2. The second-order valence-electron chi connectivity index (χ2n) is 8.17. The number of nitro benzene ring substituents is 1. The van der Waals surface area contributed by atoms with E-state index in [-0.39, 0.29) is 18.2 Å². The molecule has 196 valence electrons. The van der Waals surface area contributed by atoms with Crippen molar-refractivity contribution in [3.05, 3.63) is 129 Å². The van der Waals surface area contributed by atoms with Crippen molar-refractivity contribution in [1.82, 2.24) is 5.43 Å². The smallest absolute Gasteiger partial charge is 0.276 e. The van der Waals surface area contributed by atoms with Crippen LogP contribution in [0.15, 0.2) is 102 Å². The van der Waals surface area contributed by atoms with Gasteiger partial charge in [-0.15, -0.1) is 0 Å². The molecule has 0 aliphatic carbocycles. The topological polar surface area (TPSA) is 132 Å². The van der Waals surface area contributed by atoms with Gasteiger partial charge in [0.2, 0.25) is 0 Å². The van der Waals surface area contributed by atoms with Crippen LogP contribution in [0.3, 0.4) is 0 Å². The maximum absolute atomic E-state index is 12.7. The predicted molar refractivity (Wildman–Crippen MR) is 146 cm³/mol. The SMILES string of the molecule is COc1ccc(C(=O)Nc2cccc(C(=O)NN=Cc3ccccc3OCc3ccccc3[N+](=O)[O-])c2)cc1. The van der Waals surface area contributed by atoms with Gasteiger partial charge >= 0.3 is 0 Å². The summed E-state index contributed by atoms with van der Waals surface area (Å²) in [5, 5.41) is 18.0. The molecule has 0 heterocycles. The number of ether oxygens (including phenoxy) is 2. The molecule has 0 aliphatic rings. The van der Waals surface area contributed by atoms with Gasteiger partial charge in [0.25, 0.3) is 17.5 Å². The number of benzene rings is 4. The summed E-state index contributed by atoms with van der Waals surface area (Å²) in [7, 11) is 1.55. The minimum Gasteiger partial charge on any atom is -0.497 e. The lowest BCUT2D eigenvalue weighted by Crippen LogP contribution is -2.18. The standard InChI is InChI=1S/C29H24N4O6/c1-38-25-15-13-20(14-16-25)28(34)31-24-10-6-9-21(17-24)29(35)32-30-18-22-7-3-5-12-27(22)39-19-23-8-2-4-11-26(23)33(36)37/h2-18H,19H2,1H3,(H,31,34)(H,32,35). The maximum atomic E-state index is 12.7. The average molecular weight is 525 g/mol. The van der Waals surface area contributed by atoms with Crippen molar-refractivity contribution in [3.63, 3.8) is 0 Å². The maximum Gasteiger partial charge on any atom is 0.276 e. The molecule has 4 rings (SSSR count). The summed E-state index contributed by atoms with van der Waals surface area (Å²) in [5.74, 6) is 0.271. The summed E-state index contributed by atoms with van der Waals surface area (Å²) in [6, 6.07) is 26.4. The molecule has 0 saturated carbocycles. The molecule has 4 aromatic rings. The Labute approximate surface area is 224 Å². The second kappa shape index (κ2) is 12.6. The molecule has 10 nitrogen and oxygen atoms in total. The number of carbonyl (C=O) groups excluding carboxylic acids is 2. The highest BCUT2D eigenvalue weighted by Crippen LogP contribution is 2.22. The second-order valence-corrected chi connectivity index (χ2v) is 8.17. The third-order valence-electron chi connectivity index (χ3n) is 5.60. The van der Waals surface area contributed by atoms with Gasteiger partial charge in [-0.3, -0.25) is 19.7 Å². The van der Waals surface area contributed by atoms with E-state index in [1.807, 2.05) is 0 Å². The number of nitro groups is 1. The molecular formula is C29H24N4O6. The van der Waals surface area contributed by atoms with Crippen LogP contribution in [0.1, 0.15) is 31.8 Å². The zero-order valence-electron chi connectivity index (χ0n) is 20.9. The molecule has 4 aromatic carbocycles. The fraction of sp³-hybridized carbons (Fsp3) is 0.0690. The Morgan fingerprint density at radius 2 is 1.64 bits per heavy atom. The van der Waals surface area contributed by atoms with Crippen molar-refractivity contribution in [1.29, 1.82) is 0 Å². The predicted octanol–water partition coefficient (Wildman–Crippen LogP) is 5.20. The molecule has 0 radical (unpaired) electrons. The van der Waals surface area contributed by atoms with Crippen LogP contribution in [0.4, 0.5) is 11.4 Å². The van der Waals surface area contributed by atoms with Gasteiger partial charge in [-0.2, -0.15) is 5.10 Å². The quantitative estimate of drug-likeness (QED) is 0.167. The Hall–Kier alpha value is -5.51. The van der Waals surface area contributed by atoms with E-state index in [1.165, 1.54) is 18.3 Å². The van der Waals surface area contributed by atoms with E-state index < -0.39 is 10.8 Å². The van der Waals surface area contributed by atoms with Gasteiger partial charge in [-0.25, -0.2) is 5.43 Å². The lowest BCUT2D eigenvalue weighted by Gasteiger charge is -2.09. The van der Waals surface area contributed by atoms with Crippen molar-refractivity contribution >= 4 is 29.4 Å². The Kier molecular flexibility index (Phi) is 8.60. The number of hydrogen-bond donors (Lipinski definition) is 2. The third-order valence-corrected chi connectivity index (χ3v) is 5.60. The number of nitrogens with zero attached hydrogens (tertiary/aromatic N) is 2. The van der Waals surface area contributed by atoms with E-state index in [1.54, 1.807) is 92.0 Å². The summed E-state index contributed by atoms with van der Waals surface area (Å²) >= 11 is 0. The summed E-state index contributed by atoms with van der Waals surface area (Å²) in [6.07, 6.45) is 1.42. The van der Waals surface area contributed by atoms with Crippen molar-refractivity contribution in [2.45, 2.75) is 6.61 Å². The van der Waals surface area contributed by atoms with Crippen LogP contribution < -0.4 is 20.2 Å². The summed E-state index contributed by atoms with van der Waals surface area (Å²) in [6.45, 7) is -0.0105. The number of hydrazone groups is 1. The minimum absolute atomic E-state index is 0.0105. The van der Waals surface area contributed by atoms with Gasteiger partial charge in [-0.05, 0) is 60.7 Å². The van der Waals surface area contributed by atoms with Gasteiger partial charge in [0.15, 0.2) is 0 Å². The Morgan fingerprint density at radius 1 is 0.897 bits per heavy atom. The fourth-order valence-corrected chi connectivity index (χ4v) is 3.59. The first kappa shape index (κ1) is 26.6. The minimum atomic E-state index is -0.481. The Balaban J connectivity index is 1.38. The number of carbonyl (C=O) groups is 2. The van der Waals surface area contributed by atoms with E-state index in [0.29, 0.717) is 39.4 Å². The average Bonchev–Trinajstić information content (AvgIpc) is 2.96. The Bertz CT molecular complexity index is 1520. The molecule has 0 spiro atoms. The number of nitrogens with one attached hydrogen (secondary N) is 2. The first-order chi connectivity index (χ1) is 18.9. The fourth-order valence-electron chi connectivity index (χ4n) is 3.59. The van der Waals surface area contributed by atoms with Gasteiger partial charge in [0.05, 0.1) is 23.8 Å². The van der Waals surface area contributed by atoms with E-state index in [4.69, 9.17) is 9.47 Å². The number of methoxy groups -OCH3 is 1. The molecule has 0 unspecified atom stereocenters. The molecule has 10 heteroatoms. The molecule has 0 saturated heterocycles. The lowest BCUT2D eigenvalue weighted by atomic mass is 10.1. The number of anilines is 1. The molecule has 39 heavy (non-hydrogen) atoms. The van der Waals surface area contributed by atoms with Gasteiger partial charge in [-0.1, -0.05) is 30.3 Å². The molecular weight excluding hydrogens is 500 g/mol. The molecule has 0 bridgehead atoms. The third kappa shape index (κ3) is 7.04. The van der Waals surface area contributed by atoms with Crippen molar-refractivity contribution in [2.24, 2.45) is 5.10 Å². The van der Waals surface area contributed by atoms with Crippen LogP contribution in [0.2, 0.25) is 0 Å². The zero-order valence-corrected chi connectivity index (χ0v) is 20.9. The molecule has 2 amide bonds. The summed E-state index contributed by atoms with van der Waals surface area (Å²) < 4.78 is 10.9. The zero-order chi connectivity index (χ0) is 27.6. The highest BCUT2D eigenvalue weighted by atomic mass is 16.6. The molecule has 0 atom stereocenters. The van der Waals surface area contributed by atoms with Crippen LogP contribution in [0, 0.1) is 10.1 Å². The van der Waals surface area contributed by atoms with Crippen molar-refractivity contribution < 1.29 is 24.0 Å². The van der Waals surface area contributed by atoms with Gasteiger partial charge < -0.3 is 14.8 Å². The van der Waals surface area contributed by atoms with E-state index in [2.05, 4.69) is 15.8 Å². The first-order valence-electron chi connectivity index (χ1n) is 11.8. The summed E-state index contributed by atoms with van der Waals surface area (Å²) in [4.78, 5) is 36.0. The first-order valence-corrected chi connectivity index (χ1v) is 11.8. The van der Waals surface area contributed by atoms with Crippen LogP contribution in [0.25, 0.3) is 0 Å². The number of hydrogen-bond acceptors (Lipinski definition) is 7.